The zero-order valence-electron chi connectivity index (χ0n) is 17.3. The summed E-state index contributed by atoms with van der Waals surface area (Å²) in [4.78, 5) is 49.3. The van der Waals surface area contributed by atoms with Crippen LogP contribution in [0.3, 0.4) is 0 Å². The SMILES string of the molecule is CCC(C)NC(=O)c1cc2ccc(OC(=O)c3cc4ccccc4oc3=O)cc2oc1=O. The lowest BCUT2D eigenvalue weighted by Gasteiger charge is -2.11. The largest absolute Gasteiger partial charge is 0.423 e. The van der Waals surface area contributed by atoms with E-state index in [4.69, 9.17) is 13.6 Å². The first-order valence-corrected chi connectivity index (χ1v) is 9.99. The lowest BCUT2D eigenvalue weighted by molar-refractivity contribution is 0.0730. The second-order valence-electron chi connectivity index (χ2n) is 7.30. The zero-order chi connectivity index (χ0) is 22.8. The fraction of sp³-hybridized carbons (Fsp3) is 0.167. The minimum absolute atomic E-state index is 0.0648. The number of rotatable bonds is 5. The van der Waals surface area contributed by atoms with E-state index in [9.17, 15) is 19.2 Å². The molecule has 2 aromatic carbocycles. The standard InChI is InChI=1S/C24H19NO7/c1-3-13(2)25-21(26)17-10-15-8-9-16(12-20(15)32-22(17)27)30-23(28)18-11-14-6-4-5-7-19(14)31-24(18)29/h4-13H,3H2,1-2H3,(H,25,26). The van der Waals surface area contributed by atoms with Crippen LogP contribution in [0.5, 0.6) is 5.75 Å². The molecule has 4 rings (SSSR count). The van der Waals surface area contributed by atoms with E-state index in [-0.39, 0.29) is 28.5 Å². The van der Waals surface area contributed by atoms with Crippen LogP contribution in [-0.4, -0.2) is 17.9 Å². The smallest absolute Gasteiger partial charge is 0.351 e. The van der Waals surface area contributed by atoms with Gasteiger partial charge in [-0.25, -0.2) is 14.4 Å². The summed E-state index contributed by atoms with van der Waals surface area (Å²) in [5, 5.41) is 3.77. The molecule has 0 aliphatic rings. The van der Waals surface area contributed by atoms with E-state index in [1.807, 2.05) is 13.8 Å². The molecule has 1 amide bonds. The van der Waals surface area contributed by atoms with Crippen molar-refractivity contribution in [2.24, 2.45) is 0 Å². The van der Waals surface area contributed by atoms with E-state index in [0.717, 1.165) is 6.42 Å². The van der Waals surface area contributed by atoms with Crippen molar-refractivity contribution in [2.75, 3.05) is 0 Å². The molecule has 8 nitrogen and oxygen atoms in total. The Labute approximate surface area is 181 Å². The first-order valence-electron chi connectivity index (χ1n) is 9.99. The van der Waals surface area contributed by atoms with Crippen LogP contribution < -0.4 is 21.3 Å². The summed E-state index contributed by atoms with van der Waals surface area (Å²) >= 11 is 0. The topological polar surface area (TPSA) is 116 Å². The van der Waals surface area contributed by atoms with Crippen LogP contribution >= 0.6 is 0 Å². The van der Waals surface area contributed by atoms with Gasteiger partial charge in [0.15, 0.2) is 0 Å². The molecule has 0 spiro atoms. The summed E-state index contributed by atoms with van der Waals surface area (Å²) < 4.78 is 15.7. The molecule has 8 heteroatoms. The van der Waals surface area contributed by atoms with Crippen LogP contribution in [0.15, 0.2) is 73.0 Å². The van der Waals surface area contributed by atoms with Gasteiger partial charge in [-0.1, -0.05) is 25.1 Å². The molecule has 1 atom stereocenters. The Morgan fingerprint density at radius 1 is 0.906 bits per heavy atom. The van der Waals surface area contributed by atoms with Crippen LogP contribution in [0.1, 0.15) is 41.0 Å². The zero-order valence-corrected chi connectivity index (χ0v) is 17.3. The van der Waals surface area contributed by atoms with Gasteiger partial charge in [-0.05, 0) is 43.7 Å². The molecule has 0 bridgehead atoms. The average Bonchev–Trinajstić information content (AvgIpc) is 2.77. The summed E-state index contributed by atoms with van der Waals surface area (Å²) in [6.07, 6.45) is 0.717. The molecule has 0 fully saturated rings. The van der Waals surface area contributed by atoms with E-state index in [1.54, 1.807) is 30.3 Å². The number of esters is 1. The maximum atomic E-state index is 12.5. The fourth-order valence-electron chi connectivity index (χ4n) is 3.08. The van der Waals surface area contributed by atoms with Gasteiger partial charge in [-0.3, -0.25) is 4.79 Å². The lowest BCUT2D eigenvalue weighted by atomic mass is 10.1. The number of nitrogens with one attached hydrogen (secondary N) is 1. The molecule has 0 aliphatic heterocycles. The van der Waals surface area contributed by atoms with Gasteiger partial charge >= 0.3 is 17.2 Å². The number of benzene rings is 2. The van der Waals surface area contributed by atoms with Crippen molar-refractivity contribution in [3.05, 3.63) is 86.6 Å². The van der Waals surface area contributed by atoms with Gasteiger partial charge in [0.25, 0.3) is 5.91 Å². The third kappa shape index (κ3) is 4.15. The van der Waals surface area contributed by atoms with Crippen LogP contribution in [0.2, 0.25) is 0 Å². The number of fused-ring (bicyclic) bond motifs is 2. The number of para-hydroxylation sites is 1. The highest BCUT2D eigenvalue weighted by Gasteiger charge is 2.18. The van der Waals surface area contributed by atoms with Gasteiger partial charge in [-0.15, -0.1) is 0 Å². The van der Waals surface area contributed by atoms with Gasteiger partial charge in [0.05, 0.1) is 0 Å². The lowest BCUT2D eigenvalue weighted by Crippen LogP contribution is -2.34. The summed E-state index contributed by atoms with van der Waals surface area (Å²) in [5.74, 6) is -1.36. The summed E-state index contributed by atoms with van der Waals surface area (Å²) in [6, 6.07) is 13.9. The van der Waals surface area contributed by atoms with Crippen molar-refractivity contribution in [2.45, 2.75) is 26.3 Å². The molecule has 1 N–H and O–H groups in total. The molecule has 2 aromatic heterocycles. The summed E-state index contributed by atoms with van der Waals surface area (Å²) in [5.41, 5.74) is -1.52. The Kier molecular flexibility index (Phi) is 5.59. The molecule has 4 aromatic rings. The van der Waals surface area contributed by atoms with E-state index in [0.29, 0.717) is 16.4 Å². The quantitative estimate of drug-likeness (QED) is 0.290. The Bertz CT molecular complexity index is 1460. The molecule has 32 heavy (non-hydrogen) atoms. The van der Waals surface area contributed by atoms with Crippen molar-refractivity contribution >= 4 is 33.8 Å². The predicted octanol–water partition coefficient (Wildman–Crippen LogP) is 3.65. The van der Waals surface area contributed by atoms with E-state index >= 15 is 0 Å². The van der Waals surface area contributed by atoms with Gasteiger partial charge in [0.2, 0.25) is 0 Å². The second-order valence-corrected chi connectivity index (χ2v) is 7.30. The summed E-state index contributed by atoms with van der Waals surface area (Å²) in [7, 11) is 0. The van der Waals surface area contributed by atoms with Crippen LogP contribution in [0, 0.1) is 0 Å². The highest BCUT2D eigenvalue weighted by atomic mass is 16.5. The van der Waals surface area contributed by atoms with E-state index in [1.165, 1.54) is 24.3 Å². The molecule has 1 unspecified atom stereocenters. The second kappa shape index (κ2) is 8.50. The molecule has 0 radical (unpaired) electrons. The third-order valence-electron chi connectivity index (χ3n) is 5.01. The Morgan fingerprint density at radius 3 is 2.34 bits per heavy atom. The monoisotopic (exact) mass is 433 g/mol. The maximum Gasteiger partial charge on any atom is 0.351 e. The van der Waals surface area contributed by atoms with Crippen molar-refractivity contribution in [3.63, 3.8) is 0 Å². The van der Waals surface area contributed by atoms with E-state index in [2.05, 4.69) is 5.32 Å². The van der Waals surface area contributed by atoms with Crippen molar-refractivity contribution in [1.82, 2.24) is 5.32 Å². The average molecular weight is 433 g/mol. The molecule has 162 valence electrons. The number of hydrogen-bond acceptors (Lipinski definition) is 7. The van der Waals surface area contributed by atoms with Crippen molar-refractivity contribution < 1.29 is 23.2 Å². The Balaban J connectivity index is 1.62. The molecule has 2 heterocycles. The molecule has 0 saturated heterocycles. The third-order valence-corrected chi connectivity index (χ3v) is 5.01. The van der Waals surface area contributed by atoms with Gasteiger partial charge in [-0.2, -0.15) is 0 Å². The number of amides is 1. The Morgan fingerprint density at radius 2 is 1.56 bits per heavy atom. The fourth-order valence-corrected chi connectivity index (χ4v) is 3.08. The number of ether oxygens (including phenoxy) is 1. The van der Waals surface area contributed by atoms with Gasteiger partial charge < -0.3 is 18.9 Å². The van der Waals surface area contributed by atoms with Crippen LogP contribution in [0.4, 0.5) is 0 Å². The van der Waals surface area contributed by atoms with Crippen molar-refractivity contribution in [1.29, 1.82) is 0 Å². The highest BCUT2D eigenvalue weighted by molar-refractivity contribution is 5.97. The van der Waals surface area contributed by atoms with Gasteiger partial charge in [0, 0.05) is 22.9 Å². The minimum atomic E-state index is -0.907. The maximum absolute atomic E-state index is 12.5. The number of carbonyl (C=O) groups excluding carboxylic acids is 2. The summed E-state index contributed by atoms with van der Waals surface area (Å²) in [6.45, 7) is 3.75. The first kappa shape index (κ1) is 21.0. The molecular weight excluding hydrogens is 414 g/mol. The molecule has 0 aliphatic carbocycles. The predicted molar refractivity (Wildman–Crippen MR) is 117 cm³/mol. The molecular formula is C24H19NO7. The van der Waals surface area contributed by atoms with Crippen molar-refractivity contribution in [3.8, 4) is 5.75 Å². The number of carbonyl (C=O) groups is 2. The van der Waals surface area contributed by atoms with Gasteiger partial charge in [0.1, 0.15) is 28.0 Å². The Hall–Kier alpha value is -4.20. The van der Waals surface area contributed by atoms with E-state index < -0.39 is 23.1 Å². The van der Waals surface area contributed by atoms with Crippen LogP contribution in [0.25, 0.3) is 21.9 Å². The molecule has 0 saturated carbocycles. The first-order chi connectivity index (χ1) is 15.4. The highest BCUT2D eigenvalue weighted by Crippen LogP contribution is 2.22. The van der Waals surface area contributed by atoms with Crippen LogP contribution in [-0.2, 0) is 0 Å². The normalized spacial score (nSPS) is 11.9. The minimum Gasteiger partial charge on any atom is -0.423 e. The number of hydrogen-bond donors (Lipinski definition) is 1.